The molecule has 0 aromatic heterocycles. The maximum atomic E-state index is 11.4. The van der Waals surface area contributed by atoms with Crippen molar-refractivity contribution in [2.75, 3.05) is 5.32 Å². The third-order valence-electron chi connectivity index (χ3n) is 2.19. The molecule has 0 atom stereocenters. The predicted molar refractivity (Wildman–Crippen MR) is 64.7 cm³/mol. The number of halogens is 2. The first-order chi connectivity index (χ1) is 7.06. The molecule has 0 bridgehead atoms. The van der Waals surface area contributed by atoms with E-state index in [1.165, 1.54) is 0 Å². The Morgan fingerprint density at radius 3 is 2.67 bits per heavy atom. The molecule has 1 aromatic carbocycles. The SMILES string of the molecule is CCc1cccc(C)c1NC(=O)C(Cl)Cl. The Morgan fingerprint density at radius 2 is 2.13 bits per heavy atom. The van der Waals surface area contributed by atoms with Crippen LogP contribution in [0.5, 0.6) is 0 Å². The van der Waals surface area contributed by atoms with E-state index in [4.69, 9.17) is 23.2 Å². The number of rotatable bonds is 3. The molecule has 0 saturated heterocycles. The zero-order valence-electron chi connectivity index (χ0n) is 8.68. The van der Waals surface area contributed by atoms with E-state index >= 15 is 0 Å². The van der Waals surface area contributed by atoms with Crippen LogP contribution in [0.25, 0.3) is 0 Å². The van der Waals surface area contributed by atoms with Crippen molar-refractivity contribution in [1.29, 1.82) is 0 Å². The van der Waals surface area contributed by atoms with Gasteiger partial charge >= 0.3 is 0 Å². The lowest BCUT2D eigenvalue weighted by atomic mass is 10.1. The van der Waals surface area contributed by atoms with E-state index in [9.17, 15) is 4.79 Å². The molecule has 15 heavy (non-hydrogen) atoms. The van der Waals surface area contributed by atoms with Crippen LogP contribution in [0, 0.1) is 6.92 Å². The van der Waals surface area contributed by atoms with Crippen molar-refractivity contribution in [2.45, 2.75) is 25.1 Å². The molecular formula is C11H13Cl2NO. The number of hydrogen-bond acceptors (Lipinski definition) is 1. The van der Waals surface area contributed by atoms with Crippen LogP contribution in [-0.4, -0.2) is 10.7 Å². The van der Waals surface area contributed by atoms with Crippen LogP contribution >= 0.6 is 23.2 Å². The van der Waals surface area contributed by atoms with Crippen molar-refractivity contribution in [3.8, 4) is 0 Å². The van der Waals surface area contributed by atoms with Crippen LogP contribution in [0.1, 0.15) is 18.1 Å². The second kappa shape index (κ2) is 5.38. The first-order valence-electron chi connectivity index (χ1n) is 4.73. The first-order valence-corrected chi connectivity index (χ1v) is 5.61. The summed E-state index contributed by atoms with van der Waals surface area (Å²) in [7, 11) is 0. The fourth-order valence-corrected chi connectivity index (χ4v) is 1.49. The van der Waals surface area contributed by atoms with Gasteiger partial charge in [0.25, 0.3) is 5.91 Å². The first kappa shape index (κ1) is 12.3. The quantitative estimate of drug-likeness (QED) is 0.814. The number of benzene rings is 1. The van der Waals surface area contributed by atoms with Gasteiger partial charge in [-0.25, -0.2) is 0 Å². The highest BCUT2D eigenvalue weighted by Crippen LogP contribution is 2.21. The maximum absolute atomic E-state index is 11.4. The maximum Gasteiger partial charge on any atom is 0.257 e. The molecule has 1 aromatic rings. The van der Waals surface area contributed by atoms with Gasteiger partial charge in [-0.2, -0.15) is 0 Å². The summed E-state index contributed by atoms with van der Waals surface area (Å²) in [5, 5.41) is 2.73. The monoisotopic (exact) mass is 245 g/mol. The molecule has 0 aliphatic carbocycles. The summed E-state index contributed by atoms with van der Waals surface area (Å²) in [5.41, 5.74) is 2.91. The molecule has 2 nitrogen and oxygen atoms in total. The molecule has 1 N–H and O–H groups in total. The Balaban J connectivity index is 2.97. The summed E-state index contributed by atoms with van der Waals surface area (Å²) in [5.74, 6) is -0.387. The number of anilines is 1. The van der Waals surface area contributed by atoms with E-state index in [0.717, 1.165) is 23.2 Å². The average molecular weight is 246 g/mol. The molecule has 0 radical (unpaired) electrons. The van der Waals surface area contributed by atoms with Crippen molar-refractivity contribution < 1.29 is 4.79 Å². The topological polar surface area (TPSA) is 29.1 Å². The molecule has 4 heteroatoms. The zero-order valence-corrected chi connectivity index (χ0v) is 10.2. The fraction of sp³-hybridized carbons (Fsp3) is 0.364. The van der Waals surface area contributed by atoms with Crippen LogP contribution in [0.15, 0.2) is 18.2 Å². The van der Waals surface area contributed by atoms with Crippen LogP contribution in [0.3, 0.4) is 0 Å². The molecular weight excluding hydrogens is 233 g/mol. The Morgan fingerprint density at radius 1 is 1.47 bits per heavy atom. The number of carbonyl (C=O) groups is 1. The highest BCUT2D eigenvalue weighted by molar-refractivity contribution is 6.54. The van der Waals surface area contributed by atoms with Crippen LogP contribution in [0.4, 0.5) is 5.69 Å². The van der Waals surface area contributed by atoms with Gasteiger partial charge in [0.1, 0.15) is 0 Å². The van der Waals surface area contributed by atoms with E-state index in [-0.39, 0.29) is 5.91 Å². The highest BCUT2D eigenvalue weighted by atomic mass is 35.5. The Hall–Kier alpha value is -0.730. The minimum atomic E-state index is -1.03. The van der Waals surface area contributed by atoms with Gasteiger partial charge in [-0.05, 0) is 24.5 Å². The molecule has 0 spiro atoms. The number of para-hydroxylation sites is 1. The summed E-state index contributed by atoms with van der Waals surface area (Å²) in [6.45, 7) is 3.97. The standard InChI is InChI=1S/C11H13Cl2NO/c1-3-8-6-4-5-7(2)9(8)14-11(15)10(12)13/h4-6,10H,3H2,1-2H3,(H,14,15). The summed E-state index contributed by atoms with van der Waals surface area (Å²) < 4.78 is 0. The Labute approximate surface area is 99.6 Å². The van der Waals surface area contributed by atoms with E-state index in [1.54, 1.807) is 0 Å². The number of amides is 1. The van der Waals surface area contributed by atoms with Crippen molar-refractivity contribution in [3.63, 3.8) is 0 Å². The summed E-state index contributed by atoms with van der Waals surface area (Å²) >= 11 is 11.0. The molecule has 0 saturated carbocycles. The lowest BCUT2D eigenvalue weighted by Gasteiger charge is -2.12. The lowest BCUT2D eigenvalue weighted by molar-refractivity contribution is -0.114. The molecule has 0 unspecified atom stereocenters. The van der Waals surface area contributed by atoms with Gasteiger partial charge in [-0.3, -0.25) is 4.79 Å². The minimum absolute atomic E-state index is 0.387. The van der Waals surface area contributed by atoms with Crippen LogP contribution in [0.2, 0.25) is 0 Å². The lowest BCUT2D eigenvalue weighted by Crippen LogP contribution is -2.20. The average Bonchev–Trinajstić information content (AvgIpc) is 2.20. The Kier molecular flexibility index (Phi) is 4.43. The van der Waals surface area contributed by atoms with Crippen molar-refractivity contribution in [1.82, 2.24) is 0 Å². The van der Waals surface area contributed by atoms with Gasteiger partial charge in [0, 0.05) is 5.69 Å². The van der Waals surface area contributed by atoms with E-state index in [2.05, 4.69) is 5.32 Å². The van der Waals surface area contributed by atoms with Gasteiger partial charge in [-0.1, -0.05) is 48.3 Å². The summed E-state index contributed by atoms with van der Waals surface area (Å²) in [6.07, 6.45) is 0.854. The zero-order chi connectivity index (χ0) is 11.4. The summed E-state index contributed by atoms with van der Waals surface area (Å²) in [6, 6.07) is 5.87. The van der Waals surface area contributed by atoms with Crippen molar-refractivity contribution in [2.24, 2.45) is 0 Å². The second-order valence-electron chi connectivity index (χ2n) is 3.25. The summed E-state index contributed by atoms with van der Waals surface area (Å²) in [4.78, 5) is 10.3. The van der Waals surface area contributed by atoms with Crippen LogP contribution < -0.4 is 5.32 Å². The molecule has 0 aliphatic heterocycles. The number of hydrogen-bond donors (Lipinski definition) is 1. The highest BCUT2D eigenvalue weighted by Gasteiger charge is 2.14. The third-order valence-corrected chi connectivity index (χ3v) is 2.58. The van der Waals surface area contributed by atoms with Gasteiger partial charge in [0.2, 0.25) is 0 Å². The van der Waals surface area contributed by atoms with Crippen molar-refractivity contribution in [3.05, 3.63) is 29.3 Å². The van der Waals surface area contributed by atoms with E-state index in [0.29, 0.717) is 0 Å². The second-order valence-corrected chi connectivity index (χ2v) is 4.35. The third kappa shape index (κ3) is 3.11. The minimum Gasteiger partial charge on any atom is -0.323 e. The molecule has 0 heterocycles. The Bertz CT molecular complexity index is 364. The molecule has 82 valence electrons. The molecule has 0 fully saturated rings. The van der Waals surface area contributed by atoms with Gasteiger partial charge in [0.05, 0.1) is 0 Å². The van der Waals surface area contributed by atoms with Gasteiger partial charge < -0.3 is 5.32 Å². The normalized spacial score (nSPS) is 10.5. The molecule has 0 aliphatic rings. The van der Waals surface area contributed by atoms with Crippen molar-refractivity contribution >= 4 is 34.8 Å². The number of carbonyl (C=O) groups excluding carboxylic acids is 1. The van der Waals surface area contributed by atoms with Crippen LogP contribution in [-0.2, 0) is 11.2 Å². The van der Waals surface area contributed by atoms with E-state index in [1.807, 2.05) is 32.0 Å². The van der Waals surface area contributed by atoms with Gasteiger partial charge in [-0.15, -0.1) is 0 Å². The molecule has 1 amide bonds. The number of alkyl halides is 2. The predicted octanol–water partition coefficient (Wildman–Crippen LogP) is 3.30. The smallest absolute Gasteiger partial charge is 0.257 e. The number of nitrogens with one attached hydrogen (secondary N) is 1. The van der Waals surface area contributed by atoms with E-state index < -0.39 is 4.84 Å². The largest absolute Gasteiger partial charge is 0.323 e. The molecule has 1 rings (SSSR count). The fourth-order valence-electron chi connectivity index (χ4n) is 1.38. The van der Waals surface area contributed by atoms with Gasteiger partial charge in [0.15, 0.2) is 4.84 Å². The number of aryl methyl sites for hydroxylation is 2.